The van der Waals surface area contributed by atoms with Crippen molar-refractivity contribution in [3.05, 3.63) is 12.2 Å². The van der Waals surface area contributed by atoms with Gasteiger partial charge in [-0.2, -0.15) is 0 Å². The topological polar surface area (TPSA) is 30.7 Å². The lowest BCUT2D eigenvalue weighted by molar-refractivity contribution is 0.354. The van der Waals surface area contributed by atoms with Gasteiger partial charge in [-0.05, 0) is 20.8 Å². The maximum atomic E-state index is 4.17. The van der Waals surface area contributed by atoms with Crippen molar-refractivity contribution in [2.45, 2.75) is 66.3 Å². The molecule has 0 N–H and O–H groups in total. The Hall–Kier alpha value is -0.860. The zero-order valence-corrected chi connectivity index (χ0v) is 11.4. The number of hydrogen-bond acceptors (Lipinski definition) is 2. The number of rotatable bonds is 0. The highest BCUT2D eigenvalue weighted by Crippen LogP contribution is 2.24. The quantitative estimate of drug-likeness (QED) is 0.659. The lowest BCUT2D eigenvalue weighted by Crippen LogP contribution is -2.29. The van der Waals surface area contributed by atoms with Crippen molar-refractivity contribution in [2.24, 2.45) is 0 Å². The Kier molecular flexibility index (Phi) is 4.50. The van der Waals surface area contributed by atoms with Gasteiger partial charge in [-0.1, -0.05) is 34.6 Å². The Labute approximate surface area is 93.9 Å². The third kappa shape index (κ3) is 3.65. The molecule has 0 fully saturated rings. The van der Waals surface area contributed by atoms with E-state index in [1.54, 1.807) is 6.33 Å². The van der Waals surface area contributed by atoms with E-state index in [1.807, 2.05) is 13.8 Å². The van der Waals surface area contributed by atoms with Gasteiger partial charge in [0.1, 0.15) is 12.2 Å². The summed E-state index contributed by atoms with van der Waals surface area (Å²) in [6.07, 6.45) is 1.81. The molecular weight excluding hydrogens is 186 g/mol. The smallest absolute Gasteiger partial charge is 0.138 e. The second-order valence-electron chi connectivity index (χ2n) is 5.45. The van der Waals surface area contributed by atoms with Crippen molar-refractivity contribution in [3.63, 3.8) is 0 Å². The zero-order chi connectivity index (χ0) is 12.3. The van der Waals surface area contributed by atoms with Crippen molar-refractivity contribution in [3.8, 4) is 0 Å². The van der Waals surface area contributed by atoms with E-state index in [0.29, 0.717) is 0 Å². The van der Waals surface area contributed by atoms with Crippen LogP contribution in [-0.4, -0.2) is 14.8 Å². The van der Waals surface area contributed by atoms with Gasteiger partial charge in [0.05, 0.1) is 0 Å². The van der Waals surface area contributed by atoms with Gasteiger partial charge in [0, 0.05) is 11.0 Å². The summed E-state index contributed by atoms with van der Waals surface area (Å²) in [5, 5.41) is 8.13. The van der Waals surface area contributed by atoms with Gasteiger partial charge in [-0.3, -0.25) is 0 Å². The molecule has 0 unspecified atom stereocenters. The van der Waals surface area contributed by atoms with Crippen LogP contribution in [0.2, 0.25) is 0 Å². The summed E-state index contributed by atoms with van der Waals surface area (Å²) in [6.45, 7) is 16.9. The van der Waals surface area contributed by atoms with Crippen LogP contribution in [0.4, 0.5) is 0 Å². The van der Waals surface area contributed by atoms with E-state index in [-0.39, 0.29) is 11.0 Å². The Morgan fingerprint density at radius 2 is 1.47 bits per heavy atom. The van der Waals surface area contributed by atoms with Crippen molar-refractivity contribution in [1.29, 1.82) is 0 Å². The molecule has 1 aromatic rings. The van der Waals surface area contributed by atoms with Crippen molar-refractivity contribution < 1.29 is 0 Å². The second kappa shape index (κ2) is 4.77. The van der Waals surface area contributed by atoms with Crippen LogP contribution < -0.4 is 0 Å². The third-order valence-electron chi connectivity index (χ3n) is 1.94. The lowest BCUT2D eigenvalue weighted by atomic mass is 9.94. The molecule has 0 radical (unpaired) electrons. The highest BCUT2D eigenvalue weighted by molar-refractivity contribution is 5.04. The zero-order valence-electron chi connectivity index (χ0n) is 11.4. The summed E-state index contributed by atoms with van der Waals surface area (Å²) < 4.78 is 2.13. The molecule has 0 aliphatic rings. The maximum absolute atomic E-state index is 4.17. The average Bonchev–Trinajstić information content (AvgIpc) is 2.53. The van der Waals surface area contributed by atoms with Crippen LogP contribution in [0.3, 0.4) is 0 Å². The molecule has 0 saturated heterocycles. The standard InChI is InChI=1S/C10H19N3.C2H6/c1-9(2,3)8-12-11-7-13(8)10(4,5)6;1-2/h7H,1-6H3;1-2H3. The molecule has 0 atom stereocenters. The minimum Gasteiger partial charge on any atom is -0.312 e. The van der Waals surface area contributed by atoms with E-state index in [9.17, 15) is 0 Å². The SMILES string of the molecule is CC.CC(C)(C)c1nncn1C(C)(C)C. The monoisotopic (exact) mass is 211 g/mol. The van der Waals surface area contributed by atoms with Crippen LogP contribution in [0.25, 0.3) is 0 Å². The fraction of sp³-hybridized carbons (Fsp3) is 0.833. The van der Waals surface area contributed by atoms with E-state index in [0.717, 1.165) is 5.82 Å². The van der Waals surface area contributed by atoms with Gasteiger partial charge >= 0.3 is 0 Å². The molecule has 1 rings (SSSR count). The van der Waals surface area contributed by atoms with Gasteiger partial charge in [0.25, 0.3) is 0 Å². The normalized spacial score (nSPS) is 12.0. The minimum atomic E-state index is 0.0593. The van der Waals surface area contributed by atoms with Crippen LogP contribution in [0.1, 0.15) is 61.2 Å². The van der Waals surface area contributed by atoms with E-state index in [2.05, 4.69) is 56.3 Å². The second-order valence-corrected chi connectivity index (χ2v) is 5.45. The molecule has 1 aromatic heterocycles. The van der Waals surface area contributed by atoms with Gasteiger partial charge in [0.2, 0.25) is 0 Å². The van der Waals surface area contributed by atoms with E-state index in [4.69, 9.17) is 0 Å². The molecule has 3 heteroatoms. The highest BCUT2D eigenvalue weighted by Gasteiger charge is 2.25. The largest absolute Gasteiger partial charge is 0.312 e. The first-order valence-corrected chi connectivity index (χ1v) is 5.64. The van der Waals surface area contributed by atoms with Gasteiger partial charge in [0.15, 0.2) is 0 Å². The summed E-state index contributed by atoms with van der Waals surface area (Å²) in [4.78, 5) is 0. The van der Waals surface area contributed by atoms with E-state index < -0.39 is 0 Å². The summed E-state index contributed by atoms with van der Waals surface area (Å²) in [6, 6.07) is 0. The van der Waals surface area contributed by atoms with E-state index in [1.165, 1.54) is 0 Å². The fourth-order valence-corrected chi connectivity index (χ4v) is 1.24. The number of hydrogen-bond donors (Lipinski definition) is 0. The molecule has 3 nitrogen and oxygen atoms in total. The van der Waals surface area contributed by atoms with Crippen LogP contribution in [0.5, 0.6) is 0 Å². The first-order valence-electron chi connectivity index (χ1n) is 5.64. The summed E-state index contributed by atoms with van der Waals surface area (Å²) in [5.41, 5.74) is 0.121. The molecule has 0 aliphatic heterocycles. The average molecular weight is 211 g/mol. The van der Waals surface area contributed by atoms with Crippen LogP contribution in [0, 0.1) is 0 Å². The molecule has 0 aliphatic carbocycles. The Morgan fingerprint density at radius 3 is 1.73 bits per heavy atom. The summed E-state index contributed by atoms with van der Waals surface area (Å²) in [5.74, 6) is 1.04. The molecule has 15 heavy (non-hydrogen) atoms. The van der Waals surface area contributed by atoms with Gasteiger partial charge in [-0.15, -0.1) is 10.2 Å². The summed E-state index contributed by atoms with van der Waals surface area (Å²) >= 11 is 0. The molecule has 0 saturated carbocycles. The fourth-order valence-electron chi connectivity index (χ4n) is 1.24. The number of nitrogens with zero attached hydrogens (tertiary/aromatic N) is 3. The van der Waals surface area contributed by atoms with Gasteiger partial charge < -0.3 is 4.57 Å². The summed E-state index contributed by atoms with van der Waals surface area (Å²) in [7, 11) is 0. The Bertz CT molecular complexity index is 258. The minimum absolute atomic E-state index is 0.0593. The van der Waals surface area contributed by atoms with E-state index >= 15 is 0 Å². The number of aromatic nitrogens is 3. The van der Waals surface area contributed by atoms with Crippen LogP contribution >= 0.6 is 0 Å². The van der Waals surface area contributed by atoms with Gasteiger partial charge in [-0.25, -0.2) is 0 Å². The molecule has 1 heterocycles. The molecule has 0 aromatic carbocycles. The Morgan fingerprint density at radius 1 is 1.00 bits per heavy atom. The Balaban J connectivity index is 0.000000921. The molecule has 0 bridgehead atoms. The van der Waals surface area contributed by atoms with Crippen molar-refractivity contribution >= 4 is 0 Å². The lowest BCUT2D eigenvalue weighted by Gasteiger charge is -2.27. The third-order valence-corrected chi connectivity index (χ3v) is 1.94. The van der Waals surface area contributed by atoms with Crippen LogP contribution in [-0.2, 0) is 11.0 Å². The predicted molar refractivity (Wildman–Crippen MR) is 65.1 cm³/mol. The van der Waals surface area contributed by atoms with Crippen LogP contribution in [0.15, 0.2) is 6.33 Å². The van der Waals surface area contributed by atoms with Crippen molar-refractivity contribution in [2.75, 3.05) is 0 Å². The molecule has 88 valence electrons. The van der Waals surface area contributed by atoms with Crippen molar-refractivity contribution in [1.82, 2.24) is 14.8 Å². The molecule has 0 spiro atoms. The molecule has 0 amide bonds. The first-order chi connectivity index (χ1) is 6.73. The first kappa shape index (κ1) is 14.1. The predicted octanol–water partition coefficient (Wildman–Crippen LogP) is 3.36. The maximum Gasteiger partial charge on any atom is 0.138 e. The highest BCUT2D eigenvalue weighted by atomic mass is 15.3. The molecular formula is C12H25N3.